The summed E-state index contributed by atoms with van der Waals surface area (Å²) in [5.41, 5.74) is 0.299. The summed E-state index contributed by atoms with van der Waals surface area (Å²) in [6.07, 6.45) is 2.89. The van der Waals surface area contributed by atoms with Crippen LogP contribution in [0.25, 0.3) is 0 Å². The lowest BCUT2D eigenvalue weighted by Crippen LogP contribution is -2.49. The fourth-order valence-electron chi connectivity index (χ4n) is 2.77. The Labute approximate surface area is 153 Å². The van der Waals surface area contributed by atoms with Crippen molar-refractivity contribution in [2.45, 2.75) is 31.9 Å². The first-order valence-electron chi connectivity index (χ1n) is 7.96. The molecule has 140 valence electrons. The minimum atomic E-state index is -3.69. The second-order valence-electron chi connectivity index (χ2n) is 5.93. The molecule has 0 radical (unpaired) electrons. The fraction of sp³-hybridized carbons (Fsp3) is 0.562. The van der Waals surface area contributed by atoms with Crippen LogP contribution in [0.1, 0.15) is 19.8 Å². The zero-order valence-corrected chi connectivity index (χ0v) is 16.1. The molecule has 1 amide bonds. The maximum Gasteiger partial charge on any atom is 0.243 e. The van der Waals surface area contributed by atoms with Crippen LogP contribution in [0.5, 0.6) is 5.75 Å². The molecule has 0 bridgehead atoms. The third kappa shape index (κ3) is 4.99. The molecule has 1 heterocycles. The molecule has 1 N–H and O–H groups in total. The molecule has 0 spiro atoms. The maximum absolute atomic E-state index is 12.4. The van der Waals surface area contributed by atoms with E-state index in [-0.39, 0.29) is 11.1 Å². The average molecular weight is 391 g/mol. The Morgan fingerprint density at radius 1 is 1.52 bits per heavy atom. The molecule has 1 aliphatic rings. The van der Waals surface area contributed by atoms with E-state index >= 15 is 0 Å². The normalized spacial score (nSPS) is 18.6. The van der Waals surface area contributed by atoms with Gasteiger partial charge in [0.2, 0.25) is 15.9 Å². The van der Waals surface area contributed by atoms with Crippen LogP contribution in [0.2, 0.25) is 5.02 Å². The molecule has 1 fully saturated rings. The van der Waals surface area contributed by atoms with Crippen molar-refractivity contribution < 1.29 is 22.7 Å². The van der Waals surface area contributed by atoms with Gasteiger partial charge in [-0.1, -0.05) is 11.6 Å². The minimum Gasteiger partial charge on any atom is -0.495 e. The Bertz CT molecular complexity index is 719. The van der Waals surface area contributed by atoms with Crippen LogP contribution >= 0.6 is 11.6 Å². The van der Waals surface area contributed by atoms with Gasteiger partial charge in [0, 0.05) is 13.2 Å². The Morgan fingerprint density at radius 3 is 2.76 bits per heavy atom. The van der Waals surface area contributed by atoms with Crippen molar-refractivity contribution >= 4 is 33.2 Å². The molecular weight excluding hydrogens is 368 g/mol. The largest absolute Gasteiger partial charge is 0.495 e. The van der Waals surface area contributed by atoms with E-state index in [4.69, 9.17) is 21.1 Å². The Hall–Kier alpha value is -1.51. The lowest BCUT2D eigenvalue weighted by molar-refractivity contribution is -0.122. The number of halogens is 1. The van der Waals surface area contributed by atoms with Gasteiger partial charge in [-0.3, -0.25) is 9.10 Å². The number of benzene rings is 1. The highest BCUT2D eigenvalue weighted by Gasteiger charge is 2.30. The highest BCUT2D eigenvalue weighted by Crippen LogP contribution is 2.31. The number of nitrogens with zero attached hydrogens (tertiary/aromatic N) is 1. The van der Waals surface area contributed by atoms with E-state index < -0.39 is 22.0 Å². The van der Waals surface area contributed by atoms with Crippen molar-refractivity contribution in [3.05, 3.63) is 23.2 Å². The quantitative estimate of drug-likeness (QED) is 0.767. The summed E-state index contributed by atoms with van der Waals surface area (Å²) < 4.78 is 36.1. The number of rotatable bonds is 7. The van der Waals surface area contributed by atoms with Crippen LogP contribution in [0.3, 0.4) is 0 Å². The van der Waals surface area contributed by atoms with Gasteiger partial charge >= 0.3 is 0 Å². The van der Waals surface area contributed by atoms with E-state index in [0.29, 0.717) is 24.6 Å². The number of nitrogens with one attached hydrogen (secondary N) is 1. The molecule has 0 unspecified atom stereocenters. The molecule has 1 saturated heterocycles. The van der Waals surface area contributed by atoms with Gasteiger partial charge in [-0.2, -0.15) is 0 Å². The molecule has 9 heteroatoms. The van der Waals surface area contributed by atoms with E-state index in [1.807, 2.05) is 0 Å². The monoisotopic (exact) mass is 390 g/mol. The second kappa shape index (κ2) is 8.25. The summed E-state index contributed by atoms with van der Waals surface area (Å²) in [4.78, 5) is 12.4. The predicted octanol–water partition coefficient (Wildman–Crippen LogP) is 1.80. The van der Waals surface area contributed by atoms with Gasteiger partial charge in [0.15, 0.2) is 0 Å². The molecule has 2 atom stereocenters. The first-order valence-corrected chi connectivity index (χ1v) is 10.2. The first-order chi connectivity index (χ1) is 11.7. The highest BCUT2D eigenvalue weighted by molar-refractivity contribution is 7.92. The molecule has 25 heavy (non-hydrogen) atoms. The molecular formula is C16H23ClN2O5S. The molecule has 1 aromatic rings. The predicted molar refractivity (Wildman–Crippen MR) is 96.8 cm³/mol. The number of hydrogen-bond acceptors (Lipinski definition) is 5. The van der Waals surface area contributed by atoms with Crippen molar-refractivity contribution in [2.75, 3.05) is 30.8 Å². The number of hydrogen-bond donors (Lipinski definition) is 1. The Morgan fingerprint density at radius 2 is 2.24 bits per heavy atom. The molecule has 2 rings (SSSR count). The maximum atomic E-state index is 12.4. The van der Waals surface area contributed by atoms with Gasteiger partial charge in [-0.25, -0.2) is 8.42 Å². The van der Waals surface area contributed by atoms with Gasteiger partial charge in [-0.05, 0) is 38.0 Å². The fourth-order valence-corrected chi connectivity index (χ4v) is 4.19. The van der Waals surface area contributed by atoms with Crippen LogP contribution in [0.15, 0.2) is 18.2 Å². The smallest absolute Gasteiger partial charge is 0.243 e. The number of carbonyl (C=O) groups is 1. The number of methoxy groups -OCH3 is 1. The number of anilines is 1. The van der Waals surface area contributed by atoms with E-state index in [1.165, 1.54) is 20.1 Å². The lowest BCUT2D eigenvalue weighted by atomic mass is 10.2. The molecule has 7 nitrogen and oxygen atoms in total. The number of sulfonamides is 1. The minimum absolute atomic E-state index is 0.0155. The van der Waals surface area contributed by atoms with Crippen LogP contribution in [-0.4, -0.2) is 53.0 Å². The zero-order valence-electron chi connectivity index (χ0n) is 14.5. The van der Waals surface area contributed by atoms with Gasteiger partial charge in [0.05, 0.1) is 30.2 Å². The lowest BCUT2D eigenvalue weighted by Gasteiger charge is -2.28. The summed E-state index contributed by atoms with van der Waals surface area (Å²) in [6.45, 7) is 2.59. The summed E-state index contributed by atoms with van der Waals surface area (Å²) in [6, 6.07) is 3.65. The van der Waals surface area contributed by atoms with Gasteiger partial charge in [0.1, 0.15) is 11.8 Å². The summed E-state index contributed by atoms with van der Waals surface area (Å²) in [5, 5.41) is 3.02. The topological polar surface area (TPSA) is 84.9 Å². The SMILES string of the molecule is COc1ccc(N([C@@H](C)C(=O)NC[C@@H]2CCCO2)S(C)(=O)=O)cc1Cl. The van der Waals surface area contributed by atoms with Crippen molar-refractivity contribution in [3.63, 3.8) is 0 Å². The van der Waals surface area contributed by atoms with Crippen molar-refractivity contribution in [1.82, 2.24) is 5.32 Å². The molecule has 1 aromatic carbocycles. The first kappa shape index (κ1) is 19.8. The second-order valence-corrected chi connectivity index (χ2v) is 8.20. The zero-order chi connectivity index (χ0) is 18.6. The third-order valence-corrected chi connectivity index (χ3v) is 5.54. The van der Waals surface area contributed by atoms with E-state index in [2.05, 4.69) is 5.32 Å². The number of carbonyl (C=O) groups excluding carboxylic acids is 1. The standard InChI is InChI=1S/C16H23ClN2O5S/c1-11(16(20)18-10-13-5-4-8-24-13)19(25(3,21)22)12-6-7-15(23-2)14(17)9-12/h6-7,9,11,13H,4-5,8,10H2,1-3H3,(H,18,20)/t11-,13-/m0/s1. The molecule has 0 saturated carbocycles. The molecule has 0 aromatic heterocycles. The summed E-state index contributed by atoms with van der Waals surface area (Å²) in [5.74, 6) is 0.0298. The molecule has 0 aliphatic carbocycles. The average Bonchev–Trinajstić information content (AvgIpc) is 3.05. The van der Waals surface area contributed by atoms with Gasteiger partial charge in [0.25, 0.3) is 0 Å². The van der Waals surface area contributed by atoms with Crippen molar-refractivity contribution in [3.8, 4) is 5.75 Å². The van der Waals surface area contributed by atoms with Crippen LogP contribution in [-0.2, 0) is 19.6 Å². The van der Waals surface area contributed by atoms with Crippen molar-refractivity contribution in [1.29, 1.82) is 0 Å². The molecule has 1 aliphatic heterocycles. The highest BCUT2D eigenvalue weighted by atomic mass is 35.5. The number of ether oxygens (including phenoxy) is 2. The van der Waals surface area contributed by atoms with E-state index in [0.717, 1.165) is 23.4 Å². The summed E-state index contributed by atoms with van der Waals surface area (Å²) >= 11 is 6.09. The van der Waals surface area contributed by atoms with Gasteiger partial charge < -0.3 is 14.8 Å². The van der Waals surface area contributed by atoms with Crippen LogP contribution < -0.4 is 14.4 Å². The van der Waals surface area contributed by atoms with E-state index in [9.17, 15) is 13.2 Å². The summed E-state index contributed by atoms with van der Waals surface area (Å²) in [7, 11) is -2.23. The number of amides is 1. The van der Waals surface area contributed by atoms with Crippen LogP contribution in [0, 0.1) is 0 Å². The Balaban J connectivity index is 2.18. The van der Waals surface area contributed by atoms with Gasteiger partial charge in [-0.15, -0.1) is 0 Å². The third-order valence-electron chi connectivity index (χ3n) is 4.01. The van der Waals surface area contributed by atoms with E-state index in [1.54, 1.807) is 12.1 Å². The Kier molecular flexibility index (Phi) is 6.53. The van der Waals surface area contributed by atoms with Crippen molar-refractivity contribution in [2.24, 2.45) is 0 Å². The van der Waals surface area contributed by atoms with Crippen LogP contribution in [0.4, 0.5) is 5.69 Å².